The van der Waals surface area contributed by atoms with Crippen LogP contribution in [0.4, 0.5) is 26.3 Å². The van der Waals surface area contributed by atoms with Gasteiger partial charge in [0.2, 0.25) is 5.60 Å². The van der Waals surface area contributed by atoms with Crippen LogP contribution < -0.4 is 10.1 Å². The number of thiophene rings is 1. The number of benzene rings is 1. The van der Waals surface area contributed by atoms with E-state index in [0.717, 1.165) is 40.9 Å². The van der Waals surface area contributed by atoms with Crippen LogP contribution in [-0.4, -0.2) is 77.1 Å². The zero-order valence-corrected chi connectivity index (χ0v) is 28.4. The van der Waals surface area contributed by atoms with Gasteiger partial charge in [0.15, 0.2) is 0 Å². The highest BCUT2D eigenvalue weighted by atomic mass is 35.5. The second-order valence-corrected chi connectivity index (χ2v) is 14.0. The Bertz CT molecular complexity index is 1700. The number of ether oxygens (including phenoxy) is 2. The first kappa shape index (κ1) is 36.4. The maximum Gasteiger partial charge on any atom is 0.425 e. The van der Waals surface area contributed by atoms with Crippen molar-refractivity contribution in [3.05, 3.63) is 80.3 Å². The molecule has 0 saturated carbocycles. The van der Waals surface area contributed by atoms with E-state index in [0.29, 0.717) is 48.8 Å². The number of piperidine rings is 1. The SMILES string of the molecule is O=C(c1ncccc1C(F)(F)F)N1CCC[C@@](Oc2csc(C(F)(F)F)c2)(C(=O)N2CCc3cc(Cl)ccc3C2)[C@H]1CCNC1CCOCC1. The number of hydrogen-bond donors (Lipinski definition) is 1. The van der Waals surface area contributed by atoms with Crippen molar-refractivity contribution < 1.29 is 45.4 Å². The summed E-state index contributed by atoms with van der Waals surface area (Å²) >= 11 is 6.60. The summed E-state index contributed by atoms with van der Waals surface area (Å²) in [5.74, 6) is -1.83. The monoisotopic (exact) mass is 744 g/mol. The molecule has 0 aliphatic carbocycles. The van der Waals surface area contributed by atoms with E-state index < -0.39 is 51.9 Å². The number of rotatable bonds is 8. The molecule has 50 heavy (non-hydrogen) atoms. The topological polar surface area (TPSA) is 84.0 Å². The maximum absolute atomic E-state index is 15.0. The van der Waals surface area contributed by atoms with Gasteiger partial charge in [0.05, 0.1) is 11.6 Å². The molecule has 8 nitrogen and oxygen atoms in total. The Kier molecular flexibility index (Phi) is 10.7. The van der Waals surface area contributed by atoms with E-state index in [1.54, 1.807) is 17.0 Å². The molecular weight excluding hydrogens is 710 g/mol. The van der Waals surface area contributed by atoms with E-state index in [1.807, 2.05) is 6.07 Å². The van der Waals surface area contributed by atoms with Gasteiger partial charge < -0.3 is 24.6 Å². The minimum absolute atomic E-state index is 0.00701. The van der Waals surface area contributed by atoms with Gasteiger partial charge in [0.25, 0.3) is 11.8 Å². The normalized spacial score (nSPS) is 21.9. The van der Waals surface area contributed by atoms with Gasteiger partial charge in [-0.1, -0.05) is 17.7 Å². The molecule has 2 fully saturated rings. The number of amides is 2. The summed E-state index contributed by atoms with van der Waals surface area (Å²) in [6, 6.07) is 6.85. The summed E-state index contributed by atoms with van der Waals surface area (Å²) in [6.45, 7) is 1.68. The largest absolute Gasteiger partial charge is 0.474 e. The third-order valence-corrected chi connectivity index (χ3v) is 10.7. The molecule has 1 N–H and O–H groups in total. The van der Waals surface area contributed by atoms with Crippen LogP contribution in [0, 0.1) is 0 Å². The molecule has 0 unspecified atom stereocenters. The minimum Gasteiger partial charge on any atom is -0.474 e. The number of fused-ring (bicyclic) bond motifs is 1. The van der Waals surface area contributed by atoms with Crippen molar-refractivity contribution in [3.8, 4) is 5.75 Å². The Hall–Kier alpha value is -3.40. The first-order valence-corrected chi connectivity index (χ1v) is 17.6. The van der Waals surface area contributed by atoms with Crippen LogP contribution >= 0.6 is 22.9 Å². The fourth-order valence-electron chi connectivity index (χ4n) is 7.09. The van der Waals surface area contributed by atoms with E-state index >= 15 is 0 Å². The van der Waals surface area contributed by atoms with Crippen LogP contribution in [0.3, 0.4) is 0 Å². The lowest BCUT2D eigenvalue weighted by Gasteiger charge is -2.50. The number of nitrogens with zero attached hydrogens (tertiary/aromatic N) is 3. The molecule has 5 heterocycles. The molecule has 270 valence electrons. The third kappa shape index (κ3) is 7.75. The summed E-state index contributed by atoms with van der Waals surface area (Å²) in [5.41, 5.74) is -2.23. The molecular formula is C34H35ClF6N4O4S. The lowest BCUT2D eigenvalue weighted by molar-refractivity contribution is -0.160. The molecule has 3 aliphatic rings. The van der Waals surface area contributed by atoms with E-state index in [9.17, 15) is 35.9 Å². The van der Waals surface area contributed by atoms with Gasteiger partial charge in [0, 0.05) is 68.0 Å². The highest BCUT2D eigenvalue weighted by Crippen LogP contribution is 2.43. The molecule has 6 rings (SSSR count). The van der Waals surface area contributed by atoms with Crippen molar-refractivity contribution >= 4 is 34.8 Å². The third-order valence-electron chi connectivity index (χ3n) is 9.49. The minimum atomic E-state index is -4.90. The summed E-state index contributed by atoms with van der Waals surface area (Å²) in [4.78, 5) is 34.8. The summed E-state index contributed by atoms with van der Waals surface area (Å²) in [5, 5.41) is 5.10. The number of nitrogens with one attached hydrogen (secondary N) is 1. The van der Waals surface area contributed by atoms with Gasteiger partial charge in [-0.05, 0) is 74.0 Å². The van der Waals surface area contributed by atoms with Crippen molar-refractivity contribution in [2.75, 3.05) is 32.8 Å². The van der Waals surface area contributed by atoms with Gasteiger partial charge in [0.1, 0.15) is 16.3 Å². The summed E-state index contributed by atoms with van der Waals surface area (Å²) in [7, 11) is 0. The molecule has 0 spiro atoms. The number of halogens is 7. The quantitative estimate of drug-likeness (QED) is 0.250. The molecule has 0 bridgehead atoms. The molecule has 1 aromatic carbocycles. The smallest absolute Gasteiger partial charge is 0.425 e. The first-order chi connectivity index (χ1) is 23.8. The van der Waals surface area contributed by atoms with Gasteiger partial charge in [-0.3, -0.25) is 14.6 Å². The number of pyridine rings is 1. The standard InChI is InChI=1S/C34H35ClF6N4O4S/c35-23-5-4-22-19-44(14-7-21(22)17-23)31(47)32(49-25-18-28(50-20-25)34(39,40)41)10-2-13-45(27(32)6-12-42-24-8-15-48-16-9-24)30(46)29-26(33(36,37)38)3-1-11-43-29/h1,3-5,11,17-18,20,24,27,42H,2,6-10,12-16,19H2/t27-,32+/m1/s1. The summed E-state index contributed by atoms with van der Waals surface area (Å²) < 4.78 is 95.3. The average Bonchev–Trinajstić information content (AvgIpc) is 3.57. The zero-order chi connectivity index (χ0) is 35.7. The molecule has 16 heteroatoms. The van der Waals surface area contributed by atoms with Crippen molar-refractivity contribution in [1.82, 2.24) is 20.1 Å². The molecule has 3 aromatic rings. The van der Waals surface area contributed by atoms with Crippen LogP contribution in [0.25, 0.3) is 0 Å². The fraction of sp³-hybridized carbons (Fsp3) is 0.500. The second kappa shape index (κ2) is 14.7. The molecule has 3 aliphatic heterocycles. The molecule has 0 radical (unpaired) electrons. The maximum atomic E-state index is 15.0. The van der Waals surface area contributed by atoms with Gasteiger partial charge in [-0.2, -0.15) is 26.3 Å². The fourth-order valence-corrected chi connectivity index (χ4v) is 7.96. The first-order valence-electron chi connectivity index (χ1n) is 16.3. The van der Waals surface area contributed by atoms with Crippen LogP contribution in [0.5, 0.6) is 5.75 Å². The average molecular weight is 745 g/mol. The highest BCUT2D eigenvalue weighted by molar-refractivity contribution is 7.10. The Morgan fingerprint density at radius 1 is 1.06 bits per heavy atom. The van der Waals surface area contributed by atoms with Crippen molar-refractivity contribution in [1.29, 1.82) is 0 Å². The van der Waals surface area contributed by atoms with Crippen molar-refractivity contribution in [2.24, 2.45) is 0 Å². The van der Waals surface area contributed by atoms with E-state index in [4.69, 9.17) is 21.1 Å². The lowest BCUT2D eigenvalue weighted by Crippen LogP contribution is -2.68. The number of alkyl halides is 6. The molecule has 2 atom stereocenters. The van der Waals surface area contributed by atoms with E-state index in [1.165, 1.54) is 4.90 Å². The highest BCUT2D eigenvalue weighted by Gasteiger charge is 2.56. The van der Waals surface area contributed by atoms with Crippen molar-refractivity contribution in [2.45, 2.75) is 75.1 Å². The lowest BCUT2D eigenvalue weighted by atomic mass is 9.79. The predicted molar refractivity (Wildman–Crippen MR) is 173 cm³/mol. The van der Waals surface area contributed by atoms with Crippen molar-refractivity contribution in [3.63, 3.8) is 0 Å². The van der Waals surface area contributed by atoms with E-state index in [-0.39, 0.29) is 57.2 Å². The van der Waals surface area contributed by atoms with Gasteiger partial charge >= 0.3 is 12.4 Å². The summed E-state index contributed by atoms with van der Waals surface area (Å²) in [6.07, 6.45) is -6.42. The molecule has 2 aromatic heterocycles. The Morgan fingerprint density at radius 3 is 2.56 bits per heavy atom. The zero-order valence-electron chi connectivity index (χ0n) is 26.8. The molecule has 2 saturated heterocycles. The Labute approximate surface area is 293 Å². The van der Waals surface area contributed by atoms with Crippen LogP contribution in [-0.2, 0) is 34.8 Å². The number of aromatic nitrogens is 1. The second-order valence-electron chi connectivity index (χ2n) is 12.7. The van der Waals surface area contributed by atoms with Crippen LogP contribution in [0.15, 0.2) is 48.0 Å². The number of hydrogen-bond acceptors (Lipinski definition) is 7. The van der Waals surface area contributed by atoms with Crippen LogP contribution in [0.2, 0.25) is 5.02 Å². The molecule has 2 amide bonds. The Morgan fingerprint density at radius 2 is 1.84 bits per heavy atom. The van der Waals surface area contributed by atoms with Gasteiger partial charge in [-0.25, -0.2) is 0 Å². The predicted octanol–water partition coefficient (Wildman–Crippen LogP) is 7.00. The Balaban J connectivity index is 1.42. The number of likely N-dealkylation sites (tertiary alicyclic amines) is 1. The number of carbonyl (C=O) groups is 2. The van der Waals surface area contributed by atoms with Gasteiger partial charge in [-0.15, -0.1) is 11.3 Å². The van der Waals surface area contributed by atoms with E-state index in [2.05, 4.69) is 10.3 Å². The number of carbonyl (C=O) groups excluding carboxylic acids is 2. The van der Waals surface area contributed by atoms with Crippen LogP contribution in [0.1, 0.15) is 64.2 Å².